The molecule has 0 unspecified atom stereocenters. The van der Waals surface area contributed by atoms with Gasteiger partial charge in [-0.25, -0.2) is 4.79 Å². The molecule has 3 N–H and O–H groups in total. The first-order chi connectivity index (χ1) is 7.51. The van der Waals surface area contributed by atoms with Crippen LogP contribution in [0.2, 0.25) is 0 Å². The van der Waals surface area contributed by atoms with E-state index in [9.17, 15) is 14.8 Å². The lowest BCUT2D eigenvalue weighted by Crippen LogP contribution is -2.33. The third kappa shape index (κ3) is 2.34. The van der Waals surface area contributed by atoms with E-state index in [0.29, 0.717) is 11.3 Å². The number of methoxy groups -OCH3 is 1. The van der Waals surface area contributed by atoms with Crippen LogP contribution in [0.25, 0.3) is 0 Å². The normalized spacial score (nSPS) is 9.81. The number of carbonyl (C=O) groups is 1. The summed E-state index contributed by atoms with van der Waals surface area (Å²) in [5, 5.41) is 21.2. The number of rotatable bonds is 3. The van der Waals surface area contributed by atoms with Crippen molar-refractivity contribution in [2.45, 2.75) is 6.92 Å². The molecule has 6 heteroatoms. The van der Waals surface area contributed by atoms with Gasteiger partial charge in [0.05, 0.1) is 12.7 Å². The van der Waals surface area contributed by atoms with Gasteiger partial charge < -0.3 is 20.1 Å². The van der Waals surface area contributed by atoms with Crippen molar-refractivity contribution in [1.29, 1.82) is 0 Å². The maximum absolute atomic E-state index is 11.4. The number of hydrogen-bond acceptors (Lipinski definition) is 5. The molecule has 0 amide bonds. The highest BCUT2D eigenvalue weighted by Crippen LogP contribution is 2.15. The second-order valence-electron chi connectivity index (χ2n) is 3.35. The lowest BCUT2D eigenvalue weighted by atomic mass is 9.76. The molecule has 1 rings (SSSR count). The average Bonchev–Trinajstić information content (AvgIpc) is 2.27. The van der Waals surface area contributed by atoms with E-state index in [2.05, 4.69) is 10.1 Å². The number of benzene rings is 1. The smallest absolute Gasteiger partial charge is 0.465 e. The fraction of sp³-hybridized carbons (Fsp3) is 0.300. The highest BCUT2D eigenvalue weighted by atomic mass is 16.5. The molecule has 0 aliphatic heterocycles. The zero-order valence-electron chi connectivity index (χ0n) is 9.44. The maximum atomic E-state index is 11.4. The summed E-state index contributed by atoms with van der Waals surface area (Å²) < 4.78 is 4.58. The predicted octanol–water partition coefficient (Wildman–Crippen LogP) is -0.497. The number of anilines is 1. The van der Waals surface area contributed by atoms with Gasteiger partial charge in [0.1, 0.15) is 0 Å². The Morgan fingerprint density at radius 1 is 1.44 bits per heavy atom. The Balaban J connectivity index is 3.34. The van der Waals surface area contributed by atoms with Gasteiger partial charge in [0.25, 0.3) is 0 Å². The molecular weight excluding hydrogens is 209 g/mol. The lowest BCUT2D eigenvalue weighted by Gasteiger charge is -2.12. The van der Waals surface area contributed by atoms with E-state index in [1.165, 1.54) is 13.2 Å². The lowest BCUT2D eigenvalue weighted by molar-refractivity contribution is 0.0601. The van der Waals surface area contributed by atoms with Crippen LogP contribution in [-0.2, 0) is 4.74 Å². The molecule has 0 fully saturated rings. The predicted molar refractivity (Wildman–Crippen MR) is 61.9 cm³/mol. The highest BCUT2D eigenvalue weighted by Gasteiger charge is 2.19. The largest absolute Gasteiger partial charge is 0.488 e. The zero-order valence-corrected chi connectivity index (χ0v) is 9.44. The minimum Gasteiger partial charge on any atom is -0.465 e. The van der Waals surface area contributed by atoms with Crippen molar-refractivity contribution in [3.8, 4) is 0 Å². The van der Waals surface area contributed by atoms with Crippen molar-refractivity contribution in [2.75, 3.05) is 19.5 Å². The third-order valence-electron chi connectivity index (χ3n) is 2.42. The van der Waals surface area contributed by atoms with Crippen molar-refractivity contribution in [3.05, 3.63) is 23.3 Å². The topological polar surface area (TPSA) is 78.8 Å². The molecule has 0 spiro atoms. The summed E-state index contributed by atoms with van der Waals surface area (Å²) in [4.78, 5) is 11.4. The summed E-state index contributed by atoms with van der Waals surface area (Å²) in [6, 6.07) is 3.01. The molecule has 0 saturated heterocycles. The fourth-order valence-corrected chi connectivity index (χ4v) is 1.50. The second-order valence-corrected chi connectivity index (χ2v) is 3.35. The molecule has 16 heavy (non-hydrogen) atoms. The quantitative estimate of drug-likeness (QED) is 0.475. The van der Waals surface area contributed by atoms with E-state index in [1.807, 2.05) is 0 Å². The Morgan fingerprint density at radius 2 is 2.06 bits per heavy atom. The van der Waals surface area contributed by atoms with Crippen molar-refractivity contribution < 1.29 is 19.6 Å². The van der Waals surface area contributed by atoms with Crippen LogP contribution in [0, 0.1) is 6.92 Å². The van der Waals surface area contributed by atoms with Crippen molar-refractivity contribution in [2.24, 2.45) is 0 Å². The van der Waals surface area contributed by atoms with Gasteiger partial charge in [0.15, 0.2) is 0 Å². The summed E-state index contributed by atoms with van der Waals surface area (Å²) in [7, 11) is 1.35. The van der Waals surface area contributed by atoms with Gasteiger partial charge in [0, 0.05) is 12.7 Å². The first-order valence-corrected chi connectivity index (χ1v) is 4.78. The summed E-state index contributed by atoms with van der Waals surface area (Å²) in [6.45, 7) is 1.74. The van der Waals surface area contributed by atoms with Crippen molar-refractivity contribution in [1.82, 2.24) is 0 Å². The van der Waals surface area contributed by atoms with Crippen LogP contribution in [0.1, 0.15) is 15.9 Å². The first kappa shape index (κ1) is 12.5. The number of nitrogens with one attached hydrogen (secondary N) is 1. The van der Waals surface area contributed by atoms with E-state index < -0.39 is 13.1 Å². The van der Waals surface area contributed by atoms with E-state index in [4.69, 9.17) is 0 Å². The Morgan fingerprint density at radius 3 is 2.50 bits per heavy atom. The van der Waals surface area contributed by atoms with Gasteiger partial charge in [-0.1, -0.05) is 0 Å². The molecule has 0 bridgehead atoms. The Kier molecular flexibility index (Phi) is 3.92. The van der Waals surface area contributed by atoms with Gasteiger partial charge in [-0.15, -0.1) is 0 Å². The molecule has 0 atom stereocenters. The van der Waals surface area contributed by atoms with Crippen LogP contribution >= 0.6 is 0 Å². The highest BCUT2D eigenvalue weighted by molar-refractivity contribution is 6.59. The molecule has 1 aromatic carbocycles. The minimum atomic E-state index is -1.61. The van der Waals surface area contributed by atoms with Gasteiger partial charge in [-0.05, 0) is 30.1 Å². The van der Waals surface area contributed by atoms with E-state index in [1.54, 1.807) is 20.0 Å². The van der Waals surface area contributed by atoms with Crippen molar-refractivity contribution in [3.63, 3.8) is 0 Å². The number of hydrogen-bond donors (Lipinski definition) is 3. The Bertz CT molecular complexity index is 406. The molecule has 0 aliphatic carbocycles. The molecule has 0 aromatic heterocycles. The monoisotopic (exact) mass is 223 g/mol. The Hall–Kier alpha value is -1.53. The van der Waals surface area contributed by atoms with Gasteiger partial charge >= 0.3 is 13.1 Å². The van der Waals surface area contributed by atoms with E-state index in [0.717, 1.165) is 0 Å². The van der Waals surface area contributed by atoms with E-state index in [-0.39, 0.29) is 11.0 Å². The number of ether oxygens (including phenoxy) is 1. The Labute approximate surface area is 94.2 Å². The van der Waals surface area contributed by atoms with Crippen LogP contribution in [0.15, 0.2) is 12.1 Å². The summed E-state index contributed by atoms with van der Waals surface area (Å²) >= 11 is 0. The standard InChI is InChI=1S/C10H14BNO4/c1-6-8(11(14)15)4-7(10(13)16-3)5-9(6)12-2/h4-5,12,14-15H,1-3H3. The summed E-state index contributed by atoms with van der Waals surface area (Å²) in [6.07, 6.45) is 0. The zero-order chi connectivity index (χ0) is 12.3. The van der Waals surface area contributed by atoms with Gasteiger partial charge in [0.2, 0.25) is 0 Å². The molecule has 0 aliphatic rings. The van der Waals surface area contributed by atoms with E-state index >= 15 is 0 Å². The number of esters is 1. The van der Waals surface area contributed by atoms with Crippen LogP contribution in [0.5, 0.6) is 0 Å². The van der Waals surface area contributed by atoms with Gasteiger partial charge in [-0.2, -0.15) is 0 Å². The van der Waals surface area contributed by atoms with Crippen molar-refractivity contribution >= 4 is 24.2 Å². The summed E-state index contributed by atoms with van der Waals surface area (Å²) in [5.74, 6) is -0.515. The molecule has 0 saturated carbocycles. The van der Waals surface area contributed by atoms with Crippen LogP contribution in [0.3, 0.4) is 0 Å². The van der Waals surface area contributed by atoms with Crippen LogP contribution < -0.4 is 10.8 Å². The SMILES string of the molecule is CNc1cc(C(=O)OC)cc(B(O)O)c1C. The first-order valence-electron chi connectivity index (χ1n) is 4.78. The minimum absolute atomic E-state index is 0.278. The maximum Gasteiger partial charge on any atom is 0.488 e. The fourth-order valence-electron chi connectivity index (χ4n) is 1.50. The molecule has 86 valence electrons. The van der Waals surface area contributed by atoms with Crippen LogP contribution in [-0.4, -0.2) is 37.3 Å². The average molecular weight is 223 g/mol. The molecule has 1 aromatic rings. The number of carbonyl (C=O) groups excluding carboxylic acids is 1. The molecular formula is C10H14BNO4. The van der Waals surface area contributed by atoms with Gasteiger partial charge in [-0.3, -0.25) is 0 Å². The second kappa shape index (κ2) is 5.00. The molecule has 0 heterocycles. The molecule has 5 nitrogen and oxygen atoms in total. The summed E-state index contributed by atoms with van der Waals surface area (Å²) in [5.41, 5.74) is 1.91. The van der Waals surface area contributed by atoms with Crippen LogP contribution in [0.4, 0.5) is 5.69 Å². The third-order valence-corrected chi connectivity index (χ3v) is 2.42. The molecule has 0 radical (unpaired) electrons.